The number of amides is 1. The Balaban J connectivity index is 1.44. The summed E-state index contributed by atoms with van der Waals surface area (Å²) in [7, 11) is 0. The zero-order valence-electron chi connectivity index (χ0n) is 18.1. The van der Waals surface area contributed by atoms with Gasteiger partial charge in [-0.1, -0.05) is 61.5 Å². The van der Waals surface area contributed by atoms with Crippen LogP contribution in [0.3, 0.4) is 0 Å². The monoisotopic (exact) mass is 417 g/mol. The number of nitrogen functional groups attached to an aromatic ring is 1. The van der Waals surface area contributed by atoms with Gasteiger partial charge in [0.25, 0.3) is 0 Å². The Bertz CT molecular complexity index is 960. The average Bonchev–Trinajstić information content (AvgIpc) is 2.77. The summed E-state index contributed by atoms with van der Waals surface area (Å²) >= 11 is 0. The molecule has 3 rings (SSSR count). The van der Waals surface area contributed by atoms with Crippen molar-refractivity contribution in [3.63, 3.8) is 0 Å². The summed E-state index contributed by atoms with van der Waals surface area (Å²) in [6.45, 7) is 5.46. The summed E-state index contributed by atoms with van der Waals surface area (Å²) in [5.41, 5.74) is 11.1. The quantitative estimate of drug-likeness (QED) is 0.451. The van der Waals surface area contributed by atoms with Crippen LogP contribution < -0.4 is 11.1 Å². The number of anilines is 2. The lowest BCUT2D eigenvalue weighted by Crippen LogP contribution is -2.25. The lowest BCUT2D eigenvalue weighted by molar-refractivity contribution is -0.121. The highest BCUT2D eigenvalue weighted by atomic mass is 16.5. The molecule has 0 fully saturated rings. The molecule has 0 aliphatic rings. The van der Waals surface area contributed by atoms with Gasteiger partial charge in [-0.05, 0) is 53.9 Å². The molecule has 31 heavy (non-hydrogen) atoms. The van der Waals surface area contributed by atoms with Gasteiger partial charge in [0.15, 0.2) is 0 Å². The maximum atomic E-state index is 12.0. The minimum atomic E-state index is -0.150. The second kappa shape index (κ2) is 11.9. The number of nitrogens with one attached hydrogen (secondary N) is 1. The topological polar surface area (TPSA) is 67.6 Å². The van der Waals surface area contributed by atoms with Gasteiger partial charge in [0.05, 0.1) is 6.61 Å². The second-order valence-electron chi connectivity index (χ2n) is 7.59. The molecule has 1 amide bonds. The first-order valence-electron chi connectivity index (χ1n) is 10.7. The van der Waals surface area contributed by atoms with Gasteiger partial charge in [-0.25, -0.2) is 0 Å². The summed E-state index contributed by atoms with van der Waals surface area (Å²) in [6.07, 6.45) is 0.957. The van der Waals surface area contributed by atoms with Crippen molar-refractivity contribution in [3.8, 4) is 0 Å². The Morgan fingerprint density at radius 3 is 2.45 bits per heavy atom. The molecular formula is C26H31N3O2. The molecule has 0 bridgehead atoms. The summed E-state index contributed by atoms with van der Waals surface area (Å²) in [6, 6.07) is 25.8. The van der Waals surface area contributed by atoms with Crippen molar-refractivity contribution in [2.24, 2.45) is 0 Å². The lowest BCUT2D eigenvalue weighted by Gasteiger charge is -2.21. The SMILES string of the molecule is CCN(CCc1cccc(COCC(=O)Nc2ccccc2)c1)Cc1cccc(N)c1. The number of ether oxygens (including phenoxy) is 1. The van der Waals surface area contributed by atoms with Crippen molar-refractivity contribution in [2.45, 2.75) is 26.5 Å². The highest BCUT2D eigenvalue weighted by Crippen LogP contribution is 2.12. The standard InChI is InChI=1S/C26H31N3O2/c1-2-29(18-22-9-7-11-24(27)17-22)15-14-21-8-6-10-23(16-21)19-31-20-26(30)28-25-12-4-3-5-13-25/h3-13,16-17H,2,14-15,18-20,27H2,1H3,(H,28,30). The molecule has 5 nitrogen and oxygen atoms in total. The Hall–Kier alpha value is -3.15. The van der Waals surface area contributed by atoms with E-state index in [1.54, 1.807) is 0 Å². The number of nitrogens with two attached hydrogens (primary N) is 1. The van der Waals surface area contributed by atoms with Crippen molar-refractivity contribution < 1.29 is 9.53 Å². The molecule has 162 valence electrons. The molecule has 0 aliphatic heterocycles. The van der Waals surface area contributed by atoms with E-state index >= 15 is 0 Å². The zero-order valence-corrected chi connectivity index (χ0v) is 18.1. The van der Waals surface area contributed by atoms with Crippen LogP contribution >= 0.6 is 0 Å². The molecule has 0 saturated heterocycles. The van der Waals surface area contributed by atoms with Gasteiger partial charge in [0, 0.05) is 24.5 Å². The summed E-state index contributed by atoms with van der Waals surface area (Å²) in [4.78, 5) is 14.4. The van der Waals surface area contributed by atoms with Crippen molar-refractivity contribution in [1.82, 2.24) is 4.90 Å². The van der Waals surface area contributed by atoms with Gasteiger partial charge in [-0.15, -0.1) is 0 Å². The molecule has 3 aromatic carbocycles. The fourth-order valence-electron chi connectivity index (χ4n) is 3.44. The number of para-hydroxylation sites is 1. The number of rotatable bonds is 11. The third-order valence-corrected chi connectivity index (χ3v) is 5.07. The first-order valence-corrected chi connectivity index (χ1v) is 10.7. The molecule has 3 N–H and O–H groups in total. The summed E-state index contributed by atoms with van der Waals surface area (Å²) in [5, 5.41) is 2.82. The predicted octanol–water partition coefficient (Wildman–Crippen LogP) is 4.49. The second-order valence-corrected chi connectivity index (χ2v) is 7.59. The van der Waals surface area contributed by atoms with Crippen LogP contribution in [-0.4, -0.2) is 30.5 Å². The van der Waals surface area contributed by atoms with E-state index in [-0.39, 0.29) is 12.5 Å². The Morgan fingerprint density at radius 1 is 0.935 bits per heavy atom. The van der Waals surface area contributed by atoms with Crippen LogP contribution in [0.2, 0.25) is 0 Å². The van der Waals surface area contributed by atoms with Crippen molar-refractivity contribution in [3.05, 3.63) is 95.6 Å². The molecule has 0 atom stereocenters. The van der Waals surface area contributed by atoms with E-state index in [0.717, 1.165) is 43.0 Å². The predicted molar refractivity (Wildman–Crippen MR) is 127 cm³/mol. The van der Waals surface area contributed by atoms with Crippen LogP contribution in [-0.2, 0) is 29.1 Å². The largest absolute Gasteiger partial charge is 0.399 e. The highest BCUT2D eigenvalue weighted by Gasteiger charge is 2.06. The number of likely N-dealkylation sites (N-methyl/N-ethyl adjacent to an activating group) is 1. The maximum absolute atomic E-state index is 12.0. The molecule has 5 heteroatoms. The van der Waals surface area contributed by atoms with Gasteiger partial charge in [-0.3, -0.25) is 9.69 Å². The summed E-state index contributed by atoms with van der Waals surface area (Å²) < 4.78 is 5.61. The molecule has 0 unspecified atom stereocenters. The highest BCUT2D eigenvalue weighted by molar-refractivity contribution is 5.91. The van der Waals surface area contributed by atoms with Crippen LogP contribution in [0.15, 0.2) is 78.9 Å². The Morgan fingerprint density at radius 2 is 1.68 bits per heavy atom. The minimum Gasteiger partial charge on any atom is -0.399 e. The van der Waals surface area contributed by atoms with Crippen LogP contribution in [0.25, 0.3) is 0 Å². The number of carbonyl (C=O) groups is 1. The smallest absolute Gasteiger partial charge is 0.250 e. The molecule has 3 aromatic rings. The van der Waals surface area contributed by atoms with E-state index < -0.39 is 0 Å². The normalized spacial score (nSPS) is 10.9. The Labute approximate surface area is 184 Å². The van der Waals surface area contributed by atoms with Gasteiger partial charge in [-0.2, -0.15) is 0 Å². The number of carbonyl (C=O) groups excluding carboxylic acids is 1. The molecule has 0 radical (unpaired) electrons. The van der Waals surface area contributed by atoms with Crippen LogP contribution in [0.1, 0.15) is 23.6 Å². The lowest BCUT2D eigenvalue weighted by atomic mass is 10.1. The molecular weight excluding hydrogens is 386 g/mol. The zero-order chi connectivity index (χ0) is 21.9. The van der Waals surface area contributed by atoms with Crippen molar-refractivity contribution >= 4 is 17.3 Å². The van der Waals surface area contributed by atoms with E-state index in [9.17, 15) is 4.79 Å². The van der Waals surface area contributed by atoms with Crippen LogP contribution in [0.4, 0.5) is 11.4 Å². The first-order chi connectivity index (χ1) is 15.1. The fourth-order valence-corrected chi connectivity index (χ4v) is 3.44. The van der Waals surface area contributed by atoms with Crippen molar-refractivity contribution in [1.29, 1.82) is 0 Å². The maximum Gasteiger partial charge on any atom is 0.250 e. The molecule has 0 spiro atoms. The molecule has 0 heterocycles. The fraction of sp³-hybridized carbons (Fsp3) is 0.269. The third-order valence-electron chi connectivity index (χ3n) is 5.07. The number of nitrogens with zero attached hydrogens (tertiary/aromatic N) is 1. The van der Waals surface area contributed by atoms with E-state index in [4.69, 9.17) is 10.5 Å². The number of benzene rings is 3. The Kier molecular flexibility index (Phi) is 8.64. The van der Waals surface area contributed by atoms with E-state index in [0.29, 0.717) is 6.61 Å². The van der Waals surface area contributed by atoms with Gasteiger partial charge in [0.1, 0.15) is 6.61 Å². The molecule has 0 saturated carbocycles. The average molecular weight is 418 g/mol. The third kappa shape index (κ3) is 7.89. The molecule has 0 aromatic heterocycles. The van der Waals surface area contributed by atoms with Gasteiger partial charge >= 0.3 is 0 Å². The number of hydrogen-bond donors (Lipinski definition) is 2. The van der Waals surface area contributed by atoms with E-state index in [1.165, 1.54) is 11.1 Å². The van der Waals surface area contributed by atoms with Crippen LogP contribution in [0.5, 0.6) is 0 Å². The molecule has 0 aliphatic carbocycles. The van der Waals surface area contributed by atoms with E-state index in [1.807, 2.05) is 60.7 Å². The minimum absolute atomic E-state index is 0.0307. The van der Waals surface area contributed by atoms with Crippen LogP contribution in [0, 0.1) is 0 Å². The van der Waals surface area contributed by atoms with Crippen molar-refractivity contribution in [2.75, 3.05) is 30.7 Å². The van der Waals surface area contributed by atoms with Gasteiger partial charge in [0.2, 0.25) is 5.91 Å². The number of hydrogen-bond acceptors (Lipinski definition) is 4. The van der Waals surface area contributed by atoms with Gasteiger partial charge < -0.3 is 15.8 Å². The summed E-state index contributed by atoms with van der Waals surface area (Å²) in [5.74, 6) is -0.150. The van der Waals surface area contributed by atoms with E-state index in [2.05, 4.69) is 35.3 Å². The first kappa shape index (κ1) is 22.5.